The van der Waals surface area contributed by atoms with Crippen LogP contribution in [-0.4, -0.2) is 18.2 Å². The molecule has 3 heteroatoms. The average Bonchev–Trinajstić information content (AvgIpc) is 2.16. The minimum atomic E-state index is 0.620. The third-order valence-corrected chi connectivity index (χ3v) is 3.78. The van der Waals surface area contributed by atoms with Gasteiger partial charge in [-0.2, -0.15) is 10.0 Å². The van der Waals surface area contributed by atoms with E-state index in [0.29, 0.717) is 5.41 Å². The van der Waals surface area contributed by atoms with E-state index in [-0.39, 0.29) is 0 Å². The molecule has 0 aromatic heterocycles. The molecular weight excluding hydrogens is 200 g/mol. The zero-order valence-electron chi connectivity index (χ0n) is 9.70. The van der Waals surface area contributed by atoms with E-state index in [0.717, 1.165) is 18.8 Å². The highest BCUT2D eigenvalue weighted by Gasteiger charge is 2.48. The Balaban J connectivity index is 1.45. The van der Waals surface area contributed by atoms with E-state index >= 15 is 0 Å². The minimum Gasteiger partial charge on any atom is -0.248 e. The number of nitrogens with zero attached hydrogens (tertiary/aromatic N) is 1. The lowest BCUT2D eigenvalue weighted by atomic mass is 9.64. The molecule has 16 heavy (non-hydrogen) atoms. The van der Waals surface area contributed by atoms with Gasteiger partial charge in [-0.15, -0.1) is 0 Å². The van der Waals surface area contributed by atoms with Crippen LogP contribution in [0.4, 0.5) is 5.69 Å². The predicted octanol–water partition coefficient (Wildman–Crippen LogP) is 2.74. The van der Waals surface area contributed by atoms with Crippen molar-refractivity contribution in [3.8, 4) is 0 Å². The maximum Gasteiger partial charge on any atom is 0.0623 e. The monoisotopic (exact) mass is 218 g/mol. The zero-order valence-corrected chi connectivity index (χ0v) is 9.70. The van der Waals surface area contributed by atoms with E-state index in [4.69, 9.17) is 4.94 Å². The molecule has 1 saturated carbocycles. The summed E-state index contributed by atoms with van der Waals surface area (Å²) in [6.07, 6.45) is 4.17. The number of nitrogens with one attached hydrogen (secondary N) is 1. The Hall–Kier alpha value is -1.06. The molecule has 2 fully saturated rings. The lowest BCUT2D eigenvalue weighted by Gasteiger charge is -2.54. The normalized spacial score (nSPS) is 22.6. The lowest BCUT2D eigenvalue weighted by molar-refractivity contribution is -0.251. The van der Waals surface area contributed by atoms with E-state index in [2.05, 4.69) is 24.5 Å². The number of anilines is 1. The van der Waals surface area contributed by atoms with Gasteiger partial charge in [0.2, 0.25) is 0 Å². The number of hydroxylamine groups is 2. The number of rotatable bonds is 3. The van der Waals surface area contributed by atoms with E-state index < -0.39 is 0 Å². The molecule has 0 amide bonds. The van der Waals surface area contributed by atoms with Gasteiger partial charge < -0.3 is 0 Å². The van der Waals surface area contributed by atoms with E-state index in [1.54, 1.807) is 0 Å². The molecule has 0 unspecified atom stereocenters. The summed E-state index contributed by atoms with van der Waals surface area (Å²) in [4.78, 5) is 5.52. The van der Waals surface area contributed by atoms with Gasteiger partial charge >= 0.3 is 0 Å². The third kappa shape index (κ3) is 1.81. The first-order valence-corrected chi connectivity index (χ1v) is 6.00. The van der Waals surface area contributed by atoms with Gasteiger partial charge in [-0.25, -0.2) is 5.48 Å². The summed E-state index contributed by atoms with van der Waals surface area (Å²) in [5.41, 5.74) is 5.89. The molecule has 1 N–H and O–H groups in total. The second-order valence-electron chi connectivity index (χ2n) is 5.21. The molecule has 1 saturated heterocycles. The van der Waals surface area contributed by atoms with Crippen molar-refractivity contribution in [1.82, 2.24) is 5.06 Å². The molecule has 1 aromatic rings. The summed E-state index contributed by atoms with van der Waals surface area (Å²) in [7, 11) is 0. The Bertz CT molecular complexity index is 362. The van der Waals surface area contributed by atoms with Crippen molar-refractivity contribution in [1.29, 1.82) is 0 Å². The second kappa shape index (κ2) is 3.75. The fraction of sp³-hybridized carbons (Fsp3) is 0.538. The van der Waals surface area contributed by atoms with Gasteiger partial charge in [0, 0.05) is 18.5 Å². The first-order valence-electron chi connectivity index (χ1n) is 6.00. The molecule has 3 nitrogen and oxygen atoms in total. The highest BCUT2D eigenvalue weighted by atomic mass is 16.8. The van der Waals surface area contributed by atoms with Crippen molar-refractivity contribution in [3.05, 3.63) is 29.8 Å². The number of hydrogen-bond acceptors (Lipinski definition) is 3. The Morgan fingerprint density at radius 2 is 1.88 bits per heavy atom. The highest BCUT2D eigenvalue weighted by Crippen LogP contribution is 2.47. The Morgan fingerprint density at radius 3 is 2.44 bits per heavy atom. The van der Waals surface area contributed by atoms with Gasteiger partial charge in [0.25, 0.3) is 0 Å². The summed E-state index contributed by atoms with van der Waals surface area (Å²) in [5, 5.41) is 2.01. The lowest BCUT2D eigenvalue weighted by Crippen LogP contribution is -2.59. The first kappa shape index (κ1) is 10.1. The van der Waals surface area contributed by atoms with Crippen molar-refractivity contribution in [2.45, 2.75) is 26.2 Å². The molecule has 1 heterocycles. The first-order chi connectivity index (χ1) is 7.76. The number of hydrogen-bond donors (Lipinski definition) is 1. The maximum absolute atomic E-state index is 5.52. The van der Waals surface area contributed by atoms with Crippen LogP contribution in [0.25, 0.3) is 0 Å². The van der Waals surface area contributed by atoms with Crippen molar-refractivity contribution >= 4 is 5.69 Å². The minimum absolute atomic E-state index is 0.620. The fourth-order valence-electron chi connectivity index (χ4n) is 2.50. The number of benzene rings is 1. The van der Waals surface area contributed by atoms with E-state index in [1.807, 2.05) is 17.2 Å². The predicted molar refractivity (Wildman–Crippen MR) is 63.7 cm³/mol. The molecule has 1 spiro atoms. The van der Waals surface area contributed by atoms with Crippen LogP contribution in [-0.2, 0) is 4.94 Å². The average molecular weight is 218 g/mol. The third-order valence-electron chi connectivity index (χ3n) is 3.78. The molecule has 3 rings (SSSR count). The molecule has 2 aliphatic rings. The zero-order chi connectivity index (χ0) is 11.0. The molecular formula is C13H18N2O. The molecule has 1 aliphatic carbocycles. The van der Waals surface area contributed by atoms with Crippen LogP contribution in [0.3, 0.4) is 0 Å². The van der Waals surface area contributed by atoms with E-state index in [1.165, 1.54) is 24.8 Å². The van der Waals surface area contributed by atoms with Crippen LogP contribution in [0.5, 0.6) is 0 Å². The quantitative estimate of drug-likeness (QED) is 0.789. The van der Waals surface area contributed by atoms with Gasteiger partial charge in [0.15, 0.2) is 0 Å². The van der Waals surface area contributed by atoms with Crippen LogP contribution in [0.15, 0.2) is 24.3 Å². The van der Waals surface area contributed by atoms with Crippen LogP contribution >= 0.6 is 0 Å². The molecule has 0 bridgehead atoms. The largest absolute Gasteiger partial charge is 0.248 e. The smallest absolute Gasteiger partial charge is 0.0623 e. The van der Waals surface area contributed by atoms with Crippen LogP contribution in [0.1, 0.15) is 24.8 Å². The Morgan fingerprint density at radius 1 is 1.19 bits per heavy atom. The van der Waals surface area contributed by atoms with Crippen molar-refractivity contribution < 1.29 is 4.94 Å². The molecule has 0 radical (unpaired) electrons. The topological polar surface area (TPSA) is 24.5 Å². The summed E-state index contributed by atoms with van der Waals surface area (Å²) in [5.74, 6) is 0. The van der Waals surface area contributed by atoms with Crippen molar-refractivity contribution in [2.75, 3.05) is 18.6 Å². The summed E-state index contributed by atoms with van der Waals surface area (Å²) in [6, 6.07) is 8.23. The van der Waals surface area contributed by atoms with E-state index in [9.17, 15) is 0 Å². The van der Waals surface area contributed by atoms with Crippen LogP contribution in [0, 0.1) is 12.3 Å². The SMILES string of the molecule is Cc1ccc(NON2CC3(CCC3)C2)cc1. The van der Waals surface area contributed by atoms with Crippen LogP contribution < -0.4 is 5.48 Å². The fourth-order valence-corrected chi connectivity index (χ4v) is 2.50. The standard InChI is InChI=1S/C13H18N2O/c1-11-3-5-12(6-4-11)14-16-15-9-13(10-15)7-2-8-13/h3-6,14H,2,7-10H2,1H3. The van der Waals surface area contributed by atoms with Gasteiger partial charge in [0.1, 0.15) is 0 Å². The summed E-state index contributed by atoms with van der Waals surface area (Å²) in [6.45, 7) is 4.26. The van der Waals surface area contributed by atoms with Gasteiger partial charge in [0.05, 0.1) is 5.69 Å². The van der Waals surface area contributed by atoms with Gasteiger partial charge in [-0.05, 0) is 31.9 Å². The van der Waals surface area contributed by atoms with Crippen molar-refractivity contribution in [2.24, 2.45) is 5.41 Å². The molecule has 1 aliphatic heterocycles. The summed E-state index contributed by atoms with van der Waals surface area (Å²) < 4.78 is 0. The van der Waals surface area contributed by atoms with Crippen LogP contribution in [0.2, 0.25) is 0 Å². The maximum atomic E-state index is 5.52. The number of aryl methyl sites for hydroxylation is 1. The van der Waals surface area contributed by atoms with Gasteiger partial charge in [-0.1, -0.05) is 24.1 Å². The summed E-state index contributed by atoms with van der Waals surface area (Å²) >= 11 is 0. The van der Waals surface area contributed by atoms with Crippen molar-refractivity contribution in [3.63, 3.8) is 0 Å². The molecule has 86 valence electrons. The highest BCUT2D eigenvalue weighted by molar-refractivity contribution is 5.42. The second-order valence-corrected chi connectivity index (χ2v) is 5.21. The molecule has 0 atom stereocenters. The molecule has 1 aromatic carbocycles. The Labute approximate surface area is 96.3 Å². The van der Waals surface area contributed by atoms with Gasteiger partial charge in [-0.3, -0.25) is 0 Å². The Kier molecular flexibility index (Phi) is 2.37.